The first kappa shape index (κ1) is 22.9. The second kappa shape index (κ2) is 10.0. The van der Waals surface area contributed by atoms with Gasteiger partial charge in [0.15, 0.2) is 0 Å². The number of amides is 1. The molecule has 0 atom stereocenters. The van der Waals surface area contributed by atoms with Crippen molar-refractivity contribution in [1.82, 2.24) is 9.62 Å². The molecule has 1 N–H and O–H groups in total. The molecule has 0 bridgehead atoms. The molecule has 6 nitrogen and oxygen atoms in total. The average molecular weight is 494 g/mol. The fraction of sp³-hybridized carbons (Fsp3) is 0.409. The number of anilines is 1. The van der Waals surface area contributed by atoms with Crippen molar-refractivity contribution in [3.05, 3.63) is 58.1 Å². The van der Waals surface area contributed by atoms with E-state index in [1.54, 1.807) is 17.9 Å². The summed E-state index contributed by atoms with van der Waals surface area (Å²) >= 11 is 3.41. The van der Waals surface area contributed by atoms with Crippen molar-refractivity contribution in [2.45, 2.75) is 37.6 Å². The minimum atomic E-state index is -3.73. The first-order chi connectivity index (χ1) is 14.3. The van der Waals surface area contributed by atoms with E-state index in [0.29, 0.717) is 42.5 Å². The van der Waals surface area contributed by atoms with Gasteiger partial charge in [-0.25, -0.2) is 13.1 Å². The molecule has 1 aliphatic rings. The Morgan fingerprint density at radius 3 is 2.67 bits per heavy atom. The minimum absolute atomic E-state index is 0.0601. The molecule has 0 unspecified atom stereocenters. The molecule has 8 heteroatoms. The van der Waals surface area contributed by atoms with Crippen LogP contribution in [0.25, 0.3) is 0 Å². The number of fused-ring (bicyclic) bond motifs is 1. The fourth-order valence-electron chi connectivity index (χ4n) is 3.72. The van der Waals surface area contributed by atoms with E-state index in [1.807, 2.05) is 31.3 Å². The summed E-state index contributed by atoms with van der Waals surface area (Å²) in [6.07, 6.45) is 1.69. The number of halogens is 1. The SMILES string of the molecule is CCC(=O)N1CCc2cc(Br)cc(S(=O)(=O)NCCCN(C)Cc3ccccc3)c21. The van der Waals surface area contributed by atoms with Crippen molar-refractivity contribution < 1.29 is 13.2 Å². The molecule has 0 aromatic heterocycles. The quantitative estimate of drug-likeness (QED) is 0.542. The zero-order valence-electron chi connectivity index (χ0n) is 17.4. The van der Waals surface area contributed by atoms with Gasteiger partial charge in [0.05, 0.1) is 5.69 Å². The number of benzene rings is 2. The standard InChI is InChI=1S/C22H28BrN3O3S/c1-3-21(27)26-13-10-18-14-19(23)15-20(22(18)26)30(28,29)24-11-7-12-25(2)16-17-8-5-4-6-9-17/h4-6,8-9,14-15,24H,3,7,10-13,16H2,1-2H3. The van der Waals surface area contributed by atoms with Gasteiger partial charge in [-0.15, -0.1) is 0 Å². The summed E-state index contributed by atoms with van der Waals surface area (Å²) < 4.78 is 29.5. The van der Waals surface area contributed by atoms with Gasteiger partial charge in [-0.1, -0.05) is 53.2 Å². The second-order valence-corrected chi connectivity index (χ2v) is 10.2. The van der Waals surface area contributed by atoms with Crippen molar-refractivity contribution >= 4 is 37.5 Å². The summed E-state index contributed by atoms with van der Waals surface area (Å²) in [4.78, 5) is 16.3. The Morgan fingerprint density at radius 2 is 1.97 bits per heavy atom. The third-order valence-electron chi connectivity index (χ3n) is 5.19. The van der Waals surface area contributed by atoms with Gasteiger partial charge in [0.1, 0.15) is 4.90 Å². The summed E-state index contributed by atoms with van der Waals surface area (Å²) in [6.45, 7) is 4.24. The van der Waals surface area contributed by atoms with Gasteiger partial charge in [-0.05, 0) is 49.7 Å². The highest BCUT2D eigenvalue weighted by molar-refractivity contribution is 9.10. The molecule has 1 heterocycles. The lowest BCUT2D eigenvalue weighted by molar-refractivity contribution is -0.118. The number of hydrogen-bond acceptors (Lipinski definition) is 4. The molecular formula is C22H28BrN3O3S. The number of carbonyl (C=O) groups is 1. The number of sulfonamides is 1. The number of hydrogen-bond donors (Lipinski definition) is 1. The van der Waals surface area contributed by atoms with Crippen molar-refractivity contribution in [3.63, 3.8) is 0 Å². The first-order valence-corrected chi connectivity index (χ1v) is 12.4. The Labute approximate surface area is 187 Å². The minimum Gasteiger partial charge on any atom is -0.310 e. The highest BCUT2D eigenvalue weighted by atomic mass is 79.9. The van der Waals surface area contributed by atoms with Gasteiger partial charge in [0.2, 0.25) is 15.9 Å². The van der Waals surface area contributed by atoms with E-state index >= 15 is 0 Å². The zero-order chi connectivity index (χ0) is 21.7. The summed E-state index contributed by atoms with van der Waals surface area (Å²) in [6, 6.07) is 13.7. The van der Waals surface area contributed by atoms with Crippen LogP contribution >= 0.6 is 15.9 Å². The van der Waals surface area contributed by atoms with Gasteiger partial charge in [-0.3, -0.25) is 4.79 Å². The fourth-order valence-corrected chi connectivity index (χ4v) is 5.73. The molecule has 2 aromatic carbocycles. The first-order valence-electron chi connectivity index (χ1n) is 10.2. The van der Waals surface area contributed by atoms with Gasteiger partial charge < -0.3 is 9.80 Å². The van der Waals surface area contributed by atoms with E-state index in [4.69, 9.17) is 0 Å². The molecule has 0 radical (unpaired) electrons. The molecule has 0 fully saturated rings. The zero-order valence-corrected chi connectivity index (χ0v) is 19.8. The van der Waals surface area contributed by atoms with Crippen LogP contribution in [0.15, 0.2) is 51.8 Å². The number of rotatable bonds is 9. The predicted octanol–water partition coefficient (Wildman–Crippen LogP) is 3.55. The average Bonchev–Trinajstić information content (AvgIpc) is 3.14. The van der Waals surface area contributed by atoms with Crippen LogP contribution in [0, 0.1) is 0 Å². The van der Waals surface area contributed by atoms with E-state index in [9.17, 15) is 13.2 Å². The number of carbonyl (C=O) groups excluding carboxylic acids is 1. The lowest BCUT2D eigenvalue weighted by Crippen LogP contribution is -2.32. The molecule has 2 aromatic rings. The predicted molar refractivity (Wildman–Crippen MR) is 123 cm³/mol. The highest BCUT2D eigenvalue weighted by Crippen LogP contribution is 2.37. The molecule has 1 amide bonds. The maximum atomic E-state index is 13.1. The van der Waals surface area contributed by atoms with Crippen LogP contribution < -0.4 is 9.62 Å². The molecule has 1 aliphatic heterocycles. The van der Waals surface area contributed by atoms with Gasteiger partial charge in [0.25, 0.3) is 0 Å². The molecule has 0 saturated carbocycles. The highest BCUT2D eigenvalue weighted by Gasteiger charge is 2.31. The summed E-state index contributed by atoms with van der Waals surface area (Å²) in [5, 5.41) is 0. The number of nitrogens with zero attached hydrogens (tertiary/aromatic N) is 2. The van der Waals surface area contributed by atoms with Crippen LogP contribution in [-0.2, 0) is 27.8 Å². The van der Waals surface area contributed by atoms with Crippen LogP contribution in [0.4, 0.5) is 5.69 Å². The Hall–Kier alpha value is -1.74. The van der Waals surface area contributed by atoms with Crippen LogP contribution in [0.5, 0.6) is 0 Å². The molecule has 162 valence electrons. The monoisotopic (exact) mass is 493 g/mol. The Balaban J connectivity index is 1.64. The van der Waals surface area contributed by atoms with E-state index in [1.165, 1.54) is 5.56 Å². The smallest absolute Gasteiger partial charge is 0.242 e. The van der Waals surface area contributed by atoms with E-state index < -0.39 is 10.0 Å². The molecular weight excluding hydrogens is 466 g/mol. The maximum Gasteiger partial charge on any atom is 0.242 e. The second-order valence-electron chi connectivity index (χ2n) is 7.54. The summed E-state index contributed by atoms with van der Waals surface area (Å²) in [5.41, 5.74) is 2.64. The largest absolute Gasteiger partial charge is 0.310 e. The van der Waals surface area contributed by atoms with Crippen LogP contribution in [0.2, 0.25) is 0 Å². The molecule has 30 heavy (non-hydrogen) atoms. The van der Waals surface area contributed by atoms with Gasteiger partial charge >= 0.3 is 0 Å². The van der Waals surface area contributed by atoms with Gasteiger partial charge in [-0.2, -0.15) is 0 Å². The van der Waals surface area contributed by atoms with E-state index in [-0.39, 0.29) is 10.8 Å². The molecule has 3 rings (SSSR count). The van der Waals surface area contributed by atoms with Crippen LogP contribution in [0.1, 0.15) is 30.9 Å². The third-order valence-corrected chi connectivity index (χ3v) is 7.12. The Morgan fingerprint density at radius 1 is 1.23 bits per heavy atom. The number of nitrogens with one attached hydrogen (secondary N) is 1. The summed E-state index contributed by atoms with van der Waals surface area (Å²) in [7, 11) is -1.71. The Kier molecular flexibility index (Phi) is 7.68. The van der Waals surface area contributed by atoms with Gasteiger partial charge in [0, 0.05) is 30.5 Å². The third kappa shape index (κ3) is 5.49. The Bertz CT molecular complexity index is 996. The maximum absolute atomic E-state index is 13.1. The topological polar surface area (TPSA) is 69.7 Å². The molecule has 0 saturated heterocycles. The lowest BCUT2D eigenvalue weighted by atomic mass is 10.2. The van der Waals surface area contributed by atoms with E-state index in [0.717, 1.165) is 18.7 Å². The van der Waals surface area contributed by atoms with Crippen molar-refractivity contribution in [2.75, 3.05) is 31.6 Å². The van der Waals surface area contributed by atoms with Crippen molar-refractivity contribution in [2.24, 2.45) is 0 Å². The van der Waals surface area contributed by atoms with Crippen molar-refractivity contribution in [1.29, 1.82) is 0 Å². The molecule has 0 spiro atoms. The van der Waals surface area contributed by atoms with Crippen molar-refractivity contribution in [3.8, 4) is 0 Å². The van der Waals surface area contributed by atoms with E-state index in [2.05, 4.69) is 37.7 Å². The normalized spacial score (nSPS) is 13.7. The molecule has 0 aliphatic carbocycles. The van der Waals surface area contributed by atoms with Crippen LogP contribution in [0.3, 0.4) is 0 Å². The van der Waals surface area contributed by atoms with Crippen LogP contribution in [-0.4, -0.2) is 45.9 Å². The summed E-state index contributed by atoms with van der Waals surface area (Å²) in [5.74, 6) is -0.0601. The lowest BCUT2D eigenvalue weighted by Gasteiger charge is -2.21.